The van der Waals surface area contributed by atoms with Gasteiger partial charge < -0.3 is 14.1 Å². The third-order valence-corrected chi connectivity index (χ3v) is 10.5. The summed E-state index contributed by atoms with van der Waals surface area (Å²) in [4.78, 5) is 2.31. The first-order valence-corrected chi connectivity index (χ1v) is 18.5. The number of benzene rings is 8. The van der Waals surface area contributed by atoms with E-state index in [4.69, 9.17) is 9.15 Å². The molecule has 0 spiro atoms. The van der Waals surface area contributed by atoms with Crippen molar-refractivity contribution in [2.45, 2.75) is 0 Å². The number of para-hydroxylation sites is 2. The predicted molar refractivity (Wildman–Crippen MR) is 230 cm³/mol. The van der Waals surface area contributed by atoms with Gasteiger partial charge in [-0.3, -0.25) is 0 Å². The molecule has 55 heavy (non-hydrogen) atoms. The summed E-state index contributed by atoms with van der Waals surface area (Å²) in [6.07, 6.45) is 6.03. The van der Waals surface area contributed by atoms with Crippen LogP contribution in [-0.2, 0) is 0 Å². The monoisotopic (exact) mass is 705 g/mol. The Hall–Kier alpha value is -7.36. The van der Waals surface area contributed by atoms with E-state index in [1.807, 2.05) is 54.6 Å². The van der Waals surface area contributed by atoms with Crippen molar-refractivity contribution in [1.82, 2.24) is 0 Å². The fraction of sp³-hybridized carbons (Fsp3) is 0. The molecule has 260 valence electrons. The van der Waals surface area contributed by atoms with Gasteiger partial charge in [-0.1, -0.05) is 128 Å². The van der Waals surface area contributed by atoms with E-state index in [2.05, 4.69) is 157 Å². The highest BCUT2D eigenvalue weighted by molar-refractivity contribution is 6.06. The highest BCUT2D eigenvalue weighted by Crippen LogP contribution is 2.40. The van der Waals surface area contributed by atoms with Gasteiger partial charge in [-0.15, -0.1) is 0 Å². The lowest BCUT2D eigenvalue weighted by Crippen LogP contribution is -2.10. The molecule has 0 N–H and O–H groups in total. The largest absolute Gasteiger partial charge is 0.456 e. The smallest absolute Gasteiger partial charge is 0.135 e. The number of furan rings is 1. The second-order valence-corrected chi connectivity index (χ2v) is 13.8. The lowest BCUT2D eigenvalue weighted by Gasteiger charge is -2.26. The van der Waals surface area contributed by atoms with E-state index in [0.29, 0.717) is 0 Å². The molecule has 8 aromatic carbocycles. The molecule has 0 fully saturated rings. The Kier molecular flexibility index (Phi) is 7.96. The maximum atomic E-state index is 6.48. The van der Waals surface area contributed by atoms with Crippen LogP contribution in [0.25, 0.3) is 66.3 Å². The Morgan fingerprint density at radius 2 is 1.02 bits per heavy atom. The maximum Gasteiger partial charge on any atom is 0.135 e. The van der Waals surface area contributed by atoms with Gasteiger partial charge in [-0.25, -0.2) is 0 Å². The van der Waals surface area contributed by atoms with Crippen molar-refractivity contribution in [3.05, 3.63) is 218 Å². The first kappa shape index (κ1) is 32.3. The average Bonchev–Trinajstić information content (AvgIpc) is 3.61. The van der Waals surface area contributed by atoms with Crippen molar-refractivity contribution in [3.8, 4) is 28.0 Å². The number of fused-ring (bicyclic) bond motifs is 5. The first-order chi connectivity index (χ1) is 27.2. The molecule has 3 nitrogen and oxygen atoms in total. The highest BCUT2D eigenvalue weighted by Gasteiger charge is 2.17. The van der Waals surface area contributed by atoms with Crippen molar-refractivity contribution >= 4 is 61.1 Å². The molecule has 0 atom stereocenters. The zero-order chi connectivity index (χ0) is 36.7. The average molecular weight is 706 g/mol. The van der Waals surface area contributed by atoms with Gasteiger partial charge in [0, 0.05) is 39.0 Å². The number of ether oxygens (including phenoxy) is 1. The molecule has 1 aliphatic heterocycles. The van der Waals surface area contributed by atoms with Crippen molar-refractivity contribution in [2.24, 2.45) is 0 Å². The van der Waals surface area contributed by atoms with Gasteiger partial charge in [0.25, 0.3) is 0 Å². The van der Waals surface area contributed by atoms with Crippen molar-refractivity contribution in [2.75, 3.05) is 4.90 Å². The second-order valence-electron chi connectivity index (χ2n) is 13.8. The number of rotatable bonds is 6. The normalized spacial score (nSPS) is 14.1. The Labute approximate surface area is 320 Å². The van der Waals surface area contributed by atoms with Gasteiger partial charge in [0.05, 0.1) is 0 Å². The Balaban J connectivity index is 1.03. The van der Waals surface area contributed by atoms with Crippen LogP contribution in [-0.4, -0.2) is 0 Å². The Morgan fingerprint density at radius 1 is 0.436 bits per heavy atom. The summed E-state index contributed by atoms with van der Waals surface area (Å²) >= 11 is 0. The van der Waals surface area contributed by atoms with Crippen molar-refractivity contribution in [3.63, 3.8) is 0 Å². The summed E-state index contributed by atoms with van der Waals surface area (Å²) < 4.78 is 12.6. The highest BCUT2D eigenvalue weighted by atomic mass is 16.5. The van der Waals surface area contributed by atoms with E-state index in [1.54, 1.807) is 0 Å². The van der Waals surface area contributed by atoms with Gasteiger partial charge >= 0.3 is 0 Å². The van der Waals surface area contributed by atoms with Crippen molar-refractivity contribution in [1.29, 1.82) is 0 Å². The number of hydrogen-bond donors (Lipinski definition) is 0. The molecule has 0 saturated carbocycles. The van der Waals surface area contributed by atoms with Gasteiger partial charge in [-0.05, 0) is 117 Å². The van der Waals surface area contributed by atoms with Gasteiger partial charge in [0.2, 0.25) is 0 Å². The summed E-state index contributed by atoms with van der Waals surface area (Å²) in [5.74, 6) is 1.57. The summed E-state index contributed by atoms with van der Waals surface area (Å²) in [5.41, 5.74) is 12.5. The predicted octanol–water partition coefficient (Wildman–Crippen LogP) is 14.5. The molecule has 0 radical (unpaired) electrons. The van der Waals surface area contributed by atoms with E-state index in [-0.39, 0.29) is 0 Å². The van der Waals surface area contributed by atoms with Crippen LogP contribution in [0.3, 0.4) is 0 Å². The van der Waals surface area contributed by atoms with Crippen LogP contribution in [0.2, 0.25) is 0 Å². The third kappa shape index (κ3) is 5.98. The fourth-order valence-electron chi connectivity index (χ4n) is 7.67. The SMILES string of the molecule is C=C1/C=C\C=C(\c2ccc(N(c3ccc(-c4ccc5oc6ccccc6c5c4)cc3)c3ccc(-c4cccc5ccccc45)cc3)cc2)Oc2ccccc21. The minimum absolute atomic E-state index is 0.778. The van der Waals surface area contributed by atoms with Crippen LogP contribution in [0.5, 0.6) is 5.75 Å². The second kappa shape index (κ2) is 13.6. The molecule has 1 aliphatic rings. The zero-order valence-corrected chi connectivity index (χ0v) is 30.0. The summed E-state index contributed by atoms with van der Waals surface area (Å²) in [6.45, 7) is 4.22. The molecule has 0 aliphatic carbocycles. The lowest BCUT2D eigenvalue weighted by atomic mass is 9.98. The molecule has 0 saturated heterocycles. The number of allylic oxidation sites excluding steroid dienone is 4. The molecule has 0 unspecified atom stereocenters. The van der Waals surface area contributed by atoms with Gasteiger partial charge in [0.15, 0.2) is 0 Å². The van der Waals surface area contributed by atoms with E-state index in [1.165, 1.54) is 21.9 Å². The van der Waals surface area contributed by atoms with Crippen LogP contribution in [0.1, 0.15) is 11.1 Å². The maximum absolute atomic E-state index is 6.48. The van der Waals surface area contributed by atoms with E-state index in [0.717, 1.165) is 78.3 Å². The van der Waals surface area contributed by atoms with E-state index in [9.17, 15) is 0 Å². The van der Waals surface area contributed by atoms with Crippen LogP contribution in [0.4, 0.5) is 17.1 Å². The molecular formula is C52H35NO2. The molecule has 9 aromatic rings. The first-order valence-electron chi connectivity index (χ1n) is 18.5. The molecule has 0 amide bonds. The minimum Gasteiger partial charge on any atom is -0.456 e. The minimum atomic E-state index is 0.778. The number of anilines is 3. The topological polar surface area (TPSA) is 25.6 Å². The van der Waals surface area contributed by atoms with Crippen LogP contribution < -0.4 is 9.64 Å². The summed E-state index contributed by atoms with van der Waals surface area (Å²) in [5, 5.41) is 4.73. The molecule has 2 heterocycles. The molecule has 0 bridgehead atoms. The van der Waals surface area contributed by atoms with Crippen molar-refractivity contribution < 1.29 is 9.15 Å². The Bertz CT molecular complexity index is 2940. The number of hydrogen-bond acceptors (Lipinski definition) is 3. The standard InChI is InChI=1S/C52H35NO2/c1-35-10-8-19-49(54-50-17-6-4-13-44(35)50)39-24-31-43(32-25-39)53(42-29-22-38(23-30-42)46-16-9-12-37-11-2-3-14-45(37)46)41-27-20-36(21-28-41)40-26-33-52-48(34-40)47-15-5-7-18-51(47)55-52/h2-34H,1H2/b10-8-,49-19-. The zero-order valence-electron chi connectivity index (χ0n) is 30.0. The summed E-state index contributed by atoms with van der Waals surface area (Å²) in [7, 11) is 0. The van der Waals surface area contributed by atoms with Crippen LogP contribution >= 0.6 is 0 Å². The van der Waals surface area contributed by atoms with Gasteiger partial charge in [0.1, 0.15) is 22.7 Å². The lowest BCUT2D eigenvalue weighted by molar-refractivity contribution is 0.513. The van der Waals surface area contributed by atoms with E-state index < -0.39 is 0 Å². The molecular weight excluding hydrogens is 671 g/mol. The Morgan fingerprint density at radius 3 is 1.80 bits per heavy atom. The van der Waals surface area contributed by atoms with Crippen LogP contribution in [0, 0.1) is 0 Å². The van der Waals surface area contributed by atoms with E-state index >= 15 is 0 Å². The quantitative estimate of drug-likeness (QED) is 0.172. The number of nitrogens with zero attached hydrogens (tertiary/aromatic N) is 1. The molecule has 1 aromatic heterocycles. The molecule has 10 rings (SSSR count). The summed E-state index contributed by atoms with van der Waals surface area (Å²) in [6, 6.07) is 64.0. The van der Waals surface area contributed by atoms with Gasteiger partial charge in [-0.2, -0.15) is 0 Å². The third-order valence-electron chi connectivity index (χ3n) is 10.5. The van der Waals surface area contributed by atoms with Crippen LogP contribution in [0.15, 0.2) is 211 Å². The fourth-order valence-corrected chi connectivity index (χ4v) is 7.67. The molecule has 3 heteroatoms.